The molecule has 0 radical (unpaired) electrons. The first-order valence-electron chi connectivity index (χ1n) is 6.05. The monoisotopic (exact) mass is 220 g/mol. The number of benzene rings is 1. The smallest absolute Gasteiger partial charge is 0.123 e. The van der Waals surface area contributed by atoms with E-state index in [0.29, 0.717) is 12.1 Å². The van der Waals surface area contributed by atoms with Crippen molar-refractivity contribution in [2.45, 2.75) is 31.5 Å². The van der Waals surface area contributed by atoms with Crippen LogP contribution in [0.5, 0.6) is 0 Å². The molecule has 3 rings (SSSR count). The zero-order valence-corrected chi connectivity index (χ0v) is 9.32. The zero-order valence-electron chi connectivity index (χ0n) is 9.32. The normalized spacial score (nSPS) is 29.6. The molecule has 3 heteroatoms. The molecular weight excluding hydrogens is 203 g/mol. The van der Waals surface area contributed by atoms with Gasteiger partial charge in [0, 0.05) is 25.2 Å². The summed E-state index contributed by atoms with van der Waals surface area (Å²) in [6, 6.07) is 8.31. The van der Waals surface area contributed by atoms with E-state index in [-0.39, 0.29) is 5.82 Å². The Morgan fingerprint density at radius 1 is 1.38 bits per heavy atom. The Bertz CT molecular complexity index is 380. The van der Waals surface area contributed by atoms with Crippen molar-refractivity contribution in [1.29, 1.82) is 0 Å². The molecule has 2 heterocycles. The number of halogens is 1. The fourth-order valence-electron chi connectivity index (χ4n) is 3.02. The summed E-state index contributed by atoms with van der Waals surface area (Å²) in [6.07, 6.45) is 2.47. The van der Waals surface area contributed by atoms with Gasteiger partial charge in [0.1, 0.15) is 5.82 Å². The van der Waals surface area contributed by atoms with E-state index >= 15 is 0 Å². The van der Waals surface area contributed by atoms with E-state index in [1.165, 1.54) is 18.9 Å². The lowest BCUT2D eigenvalue weighted by Crippen LogP contribution is -2.33. The van der Waals surface area contributed by atoms with Crippen LogP contribution in [0.15, 0.2) is 24.3 Å². The summed E-state index contributed by atoms with van der Waals surface area (Å²) in [7, 11) is 0. The number of hydrogen-bond donors (Lipinski definition) is 1. The lowest BCUT2D eigenvalue weighted by atomic mass is 10.1. The van der Waals surface area contributed by atoms with Gasteiger partial charge in [-0.2, -0.15) is 0 Å². The van der Waals surface area contributed by atoms with Gasteiger partial charge in [0.2, 0.25) is 0 Å². The second-order valence-corrected chi connectivity index (χ2v) is 4.81. The molecule has 0 aromatic heterocycles. The highest BCUT2D eigenvalue weighted by molar-refractivity contribution is 5.17. The Kier molecular flexibility index (Phi) is 2.65. The number of likely N-dealkylation sites (tertiary alicyclic amines) is 1. The largest absolute Gasteiger partial charge is 0.312 e. The van der Waals surface area contributed by atoms with Gasteiger partial charge in [-0.05, 0) is 37.1 Å². The predicted molar refractivity (Wildman–Crippen MR) is 61.6 cm³/mol. The van der Waals surface area contributed by atoms with E-state index in [1.807, 2.05) is 6.07 Å². The number of nitrogens with one attached hydrogen (secondary N) is 1. The standard InChI is InChI=1S/C13H17FN2/c14-11-3-1-2-10(8-11)9-16-7-5-12-13(16)4-6-15-12/h1-3,8,12-13,15H,4-7,9H2. The minimum Gasteiger partial charge on any atom is -0.312 e. The molecule has 1 aromatic rings. The van der Waals surface area contributed by atoms with Crippen LogP contribution in [-0.2, 0) is 6.54 Å². The summed E-state index contributed by atoms with van der Waals surface area (Å²) in [4.78, 5) is 2.49. The maximum atomic E-state index is 13.1. The molecule has 2 fully saturated rings. The quantitative estimate of drug-likeness (QED) is 0.817. The average Bonchev–Trinajstić information content (AvgIpc) is 2.83. The van der Waals surface area contributed by atoms with Gasteiger partial charge in [-0.3, -0.25) is 4.90 Å². The van der Waals surface area contributed by atoms with Crippen LogP contribution >= 0.6 is 0 Å². The van der Waals surface area contributed by atoms with Crippen LogP contribution in [0.1, 0.15) is 18.4 Å². The summed E-state index contributed by atoms with van der Waals surface area (Å²) in [5.41, 5.74) is 1.09. The van der Waals surface area contributed by atoms with Crippen molar-refractivity contribution >= 4 is 0 Å². The molecule has 2 saturated heterocycles. The molecule has 1 N–H and O–H groups in total. The molecule has 2 atom stereocenters. The van der Waals surface area contributed by atoms with E-state index in [4.69, 9.17) is 0 Å². The van der Waals surface area contributed by atoms with Crippen LogP contribution in [0.2, 0.25) is 0 Å². The molecule has 86 valence electrons. The Morgan fingerprint density at radius 3 is 3.19 bits per heavy atom. The van der Waals surface area contributed by atoms with Gasteiger partial charge in [0.25, 0.3) is 0 Å². The molecule has 1 aromatic carbocycles. The summed E-state index contributed by atoms with van der Waals surface area (Å²) < 4.78 is 13.1. The van der Waals surface area contributed by atoms with E-state index in [1.54, 1.807) is 12.1 Å². The third-order valence-electron chi connectivity index (χ3n) is 3.78. The van der Waals surface area contributed by atoms with Crippen LogP contribution in [0.3, 0.4) is 0 Å². The fourth-order valence-corrected chi connectivity index (χ4v) is 3.02. The third-order valence-corrected chi connectivity index (χ3v) is 3.78. The molecule has 0 saturated carbocycles. The van der Waals surface area contributed by atoms with Crippen LogP contribution in [0.4, 0.5) is 4.39 Å². The minimum atomic E-state index is -0.127. The lowest BCUT2D eigenvalue weighted by Gasteiger charge is -2.22. The van der Waals surface area contributed by atoms with Crippen molar-refractivity contribution in [2.75, 3.05) is 13.1 Å². The Labute approximate surface area is 95.4 Å². The minimum absolute atomic E-state index is 0.127. The molecule has 0 aliphatic carbocycles. The first kappa shape index (κ1) is 10.2. The Balaban J connectivity index is 1.71. The highest BCUT2D eigenvalue weighted by Crippen LogP contribution is 2.26. The van der Waals surface area contributed by atoms with Crippen molar-refractivity contribution in [1.82, 2.24) is 10.2 Å². The van der Waals surface area contributed by atoms with E-state index in [9.17, 15) is 4.39 Å². The molecule has 2 aliphatic rings. The molecule has 16 heavy (non-hydrogen) atoms. The summed E-state index contributed by atoms with van der Waals surface area (Å²) in [6.45, 7) is 3.16. The van der Waals surface area contributed by atoms with Crippen molar-refractivity contribution in [3.63, 3.8) is 0 Å². The lowest BCUT2D eigenvalue weighted by molar-refractivity contribution is 0.244. The van der Waals surface area contributed by atoms with Crippen LogP contribution < -0.4 is 5.32 Å². The molecular formula is C13H17FN2. The fraction of sp³-hybridized carbons (Fsp3) is 0.538. The summed E-state index contributed by atoms with van der Waals surface area (Å²) in [5.74, 6) is -0.127. The van der Waals surface area contributed by atoms with E-state index in [2.05, 4.69) is 10.2 Å². The van der Waals surface area contributed by atoms with Crippen LogP contribution in [0, 0.1) is 5.82 Å². The Hall–Kier alpha value is -0.930. The summed E-state index contributed by atoms with van der Waals surface area (Å²) >= 11 is 0. The SMILES string of the molecule is Fc1cccc(CN2CCC3NCCC32)c1. The molecule has 0 amide bonds. The Morgan fingerprint density at radius 2 is 2.31 bits per heavy atom. The zero-order chi connectivity index (χ0) is 11.0. The number of hydrogen-bond acceptors (Lipinski definition) is 2. The van der Waals surface area contributed by atoms with Crippen molar-refractivity contribution in [3.05, 3.63) is 35.6 Å². The van der Waals surface area contributed by atoms with Gasteiger partial charge in [0.15, 0.2) is 0 Å². The number of fused-ring (bicyclic) bond motifs is 1. The second kappa shape index (κ2) is 4.15. The van der Waals surface area contributed by atoms with Gasteiger partial charge in [-0.1, -0.05) is 12.1 Å². The third kappa shape index (κ3) is 1.85. The highest BCUT2D eigenvalue weighted by atomic mass is 19.1. The summed E-state index contributed by atoms with van der Waals surface area (Å²) in [5, 5.41) is 3.53. The molecule has 2 unspecified atom stereocenters. The van der Waals surface area contributed by atoms with Crippen molar-refractivity contribution < 1.29 is 4.39 Å². The van der Waals surface area contributed by atoms with E-state index in [0.717, 1.165) is 25.2 Å². The van der Waals surface area contributed by atoms with Crippen LogP contribution in [-0.4, -0.2) is 30.1 Å². The highest BCUT2D eigenvalue weighted by Gasteiger charge is 2.36. The van der Waals surface area contributed by atoms with Crippen LogP contribution in [0.25, 0.3) is 0 Å². The molecule has 2 nitrogen and oxygen atoms in total. The number of nitrogens with zero attached hydrogens (tertiary/aromatic N) is 1. The van der Waals surface area contributed by atoms with Gasteiger partial charge in [0.05, 0.1) is 0 Å². The maximum absolute atomic E-state index is 13.1. The first-order chi connectivity index (χ1) is 7.83. The molecule has 2 aliphatic heterocycles. The van der Waals surface area contributed by atoms with Gasteiger partial charge in [-0.15, -0.1) is 0 Å². The number of rotatable bonds is 2. The second-order valence-electron chi connectivity index (χ2n) is 4.81. The molecule has 0 spiro atoms. The van der Waals surface area contributed by atoms with Gasteiger partial charge in [-0.25, -0.2) is 4.39 Å². The maximum Gasteiger partial charge on any atom is 0.123 e. The first-order valence-corrected chi connectivity index (χ1v) is 6.05. The van der Waals surface area contributed by atoms with Gasteiger partial charge >= 0.3 is 0 Å². The topological polar surface area (TPSA) is 15.3 Å². The van der Waals surface area contributed by atoms with Crippen molar-refractivity contribution in [2.24, 2.45) is 0 Å². The van der Waals surface area contributed by atoms with Gasteiger partial charge < -0.3 is 5.32 Å². The van der Waals surface area contributed by atoms with E-state index < -0.39 is 0 Å². The average molecular weight is 220 g/mol. The molecule has 0 bridgehead atoms. The van der Waals surface area contributed by atoms with Crippen molar-refractivity contribution in [3.8, 4) is 0 Å². The predicted octanol–water partition coefficient (Wildman–Crippen LogP) is 1.76.